The van der Waals surface area contributed by atoms with Crippen LogP contribution in [0.2, 0.25) is 0 Å². The molecule has 0 N–H and O–H groups in total. The maximum Gasteiger partial charge on any atom is 0.306 e. The number of carbonyl (C=O) groups is 2. The first-order valence-corrected chi connectivity index (χ1v) is 5.37. The molecule has 0 aromatic carbocycles. The molecule has 1 fully saturated rings. The molecule has 86 valence electrons. The van der Waals surface area contributed by atoms with Gasteiger partial charge in [0.25, 0.3) is 0 Å². The van der Waals surface area contributed by atoms with E-state index in [0.717, 1.165) is 6.42 Å². The molecule has 0 aromatic heterocycles. The van der Waals surface area contributed by atoms with E-state index in [2.05, 4.69) is 13.8 Å². The second-order valence-electron chi connectivity index (χ2n) is 4.08. The lowest BCUT2D eigenvalue weighted by atomic mass is 9.86. The molecular formula is C11H18O4. The van der Waals surface area contributed by atoms with Crippen molar-refractivity contribution in [3.8, 4) is 0 Å². The summed E-state index contributed by atoms with van der Waals surface area (Å²) in [6, 6.07) is 0. The van der Waals surface area contributed by atoms with Gasteiger partial charge < -0.3 is 9.47 Å². The van der Waals surface area contributed by atoms with Crippen LogP contribution in [-0.4, -0.2) is 24.6 Å². The molecule has 0 radical (unpaired) electrons. The Bertz CT molecular complexity index is 249. The number of esters is 2. The van der Waals surface area contributed by atoms with Gasteiger partial charge in [-0.05, 0) is 5.92 Å². The molecule has 0 amide bonds. The van der Waals surface area contributed by atoms with Crippen LogP contribution in [0.3, 0.4) is 0 Å². The van der Waals surface area contributed by atoms with Crippen LogP contribution in [0.4, 0.5) is 0 Å². The van der Waals surface area contributed by atoms with Gasteiger partial charge in [-0.2, -0.15) is 0 Å². The standard InChI is InChI=1S/C11H18O4/c1-4-7(2)9-5-11(13)15-10(9)6-14-8(3)12/h7,9-10H,4-6H2,1-3H3/t7?,9-,10+/m1/s1. The lowest BCUT2D eigenvalue weighted by molar-refractivity contribution is -0.152. The van der Waals surface area contributed by atoms with E-state index in [0.29, 0.717) is 12.3 Å². The van der Waals surface area contributed by atoms with E-state index in [-0.39, 0.29) is 30.6 Å². The monoisotopic (exact) mass is 214 g/mol. The second kappa shape index (κ2) is 5.14. The molecule has 1 rings (SSSR count). The summed E-state index contributed by atoms with van der Waals surface area (Å²) in [6.45, 7) is 5.72. The fraction of sp³-hybridized carbons (Fsp3) is 0.818. The van der Waals surface area contributed by atoms with Crippen LogP contribution in [0.5, 0.6) is 0 Å². The second-order valence-corrected chi connectivity index (χ2v) is 4.08. The van der Waals surface area contributed by atoms with Crippen molar-refractivity contribution in [2.24, 2.45) is 11.8 Å². The van der Waals surface area contributed by atoms with Crippen molar-refractivity contribution in [3.63, 3.8) is 0 Å². The molecule has 0 aromatic rings. The molecule has 0 aliphatic carbocycles. The van der Waals surface area contributed by atoms with Gasteiger partial charge in [0, 0.05) is 12.8 Å². The summed E-state index contributed by atoms with van der Waals surface area (Å²) in [5.74, 6) is 0.0807. The van der Waals surface area contributed by atoms with E-state index in [4.69, 9.17) is 9.47 Å². The average Bonchev–Trinajstić information content (AvgIpc) is 2.55. The third-order valence-corrected chi connectivity index (χ3v) is 2.99. The number of cyclic esters (lactones) is 1. The normalized spacial score (nSPS) is 27.3. The largest absolute Gasteiger partial charge is 0.462 e. The van der Waals surface area contributed by atoms with Crippen LogP contribution in [-0.2, 0) is 19.1 Å². The molecule has 3 atom stereocenters. The summed E-state index contributed by atoms with van der Waals surface area (Å²) in [7, 11) is 0. The molecule has 1 saturated heterocycles. The summed E-state index contributed by atoms with van der Waals surface area (Å²) in [6.07, 6.45) is 1.19. The number of carbonyl (C=O) groups excluding carboxylic acids is 2. The Kier molecular flexibility index (Phi) is 4.12. The van der Waals surface area contributed by atoms with Crippen molar-refractivity contribution in [3.05, 3.63) is 0 Å². The minimum absolute atomic E-state index is 0.182. The number of ether oxygens (including phenoxy) is 2. The molecule has 15 heavy (non-hydrogen) atoms. The van der Waals surface area contributed by atoms with E-state index in [1.165, 1.54) is 6.92 Å². The third kappa shape index (κ3) is 3.22. The zero-order valence-corrected chi connectivity index (χ0v) is 9.49. The number of rotatable bonds is 4. The van der Waals surface area contributed by atoms with Gasteiger partial charge >= 0.3 is 11.9 Å². The van der Waals surface area contributed by atoms with E-state index >= 15 is 0 Å². The molecule has 0 saturated carbocycles. The van der Waals surface area contributed by atoms with Crippen LogP contribution in [0.15, 0.2) is 0 Å². The van der Waals surface area contributed by atoms with Gasteiger partial charge in [0.15, 0.2) is 0 Å². The van der Waals surface area contributed by atoms with Gasteiger partial charge in [-0.25, -0.2) is 0 Å². The molecule has 0 spiro atoms. The topological polar surface area (TPSA) is 52.6 Å². The first-order valence-electron chi connectivity index (χ1n) is 5.37. The molecule has 1 aliphatic heterocycles. The van der Waals surface area contributed by atoms with Gasteiger partial charge in [0.05, 0.1) is 6.42 Å². The Hall–Kier alpha value is -1.06. The highest BCUT2D eigenvalue weighted by atomic mass is 16.6. The average molecular weight is 214 g/mol. The van der Waals surface area contributed by atoms with E-state index in [1.807, 2.05) is 0 Å². The van der Waals surface area contributed by atoms with Crippen molar-refractivity contribution in [2.45, 2.75) is 39.7 Å². The Morgan fingerprint density at radius 2 is 2.33 bits per heavy atom. The van der Waals surface area contributed by atoms with Gasteiger partial charge in [0.2, 0.25) is 0 Å². The van der Waals surface area contributed by atoms with Crippen molar-refractivity contribution < 1.29 is 19.1 Å². The summed E-state index contributed by atoms with van der Waals surface area (Å²) in [5.41, 5.74) is 0. The van der Waals surface area contributed by atoms with Crippen LogP contribution in [0, 0.1) is 11.8 Å². The molecule has 1 aliphatic rings. The van der Waals surface area contributed by atoms with Crippen molar-refractivity contribution in [2.75, 3.05) is 6.61 Å². The summed E-state index contributed by atoms with van der Waals surface area (Å²) >= 11 is 0. The Labute approximate surface area is 89.9 Å². The molecule has 1 heterocycles. The fourth-order valence-electron chi connectivity index (χ4n) is 1.86. The van der Waals surface area contributed by atoms with Crippen LogP contribution in [0.1, 0.15) is 33.6 Å². The molecular weight excluding hydrogens is 196 g/mol. The number of hydrogen-bond donors (Lipinski definition) is 0. The summed E-state index contributed by atoms with van der Waals surface area (Å²) in [4.78, 5) is 21.8. The predicted molar refractivity (Wildman–Crippen MR) is 54.1 cm³/mol. The van der Waals surface area contributed by atoms with Crippen LogP contribution >= 0.6 is 0 Å². The summed E-state index contributed by atoms with van der Waals surface area (Å²) < 4.78 is 10.0. The predicted octanol–water partition coefficient (Wildman–Crippen LogP) is 1.53. The van der Waals surface area contributed by atoms with Gasteiger partial charge in [0.1, 0.15) is 12.7 Å². The fourth-order valence-corrected chi connectivity index (χ4v) is 1.86. The zero-order chi connectivity index (χ0) is 11.4. The third-order valence-electron chi connectivity index (χ3n) is 2.99. The Morgan fingerprint density at radius 3 is 2.87 bits per heavy atom. The first kappa shape index (κ1) is 12.0. The minimum Gasteiger partial charge on any atom is -0.462 e. The molecule has 4 nitrogen and oxygen atoms in total. The van der Waals surface area contributed by atoms with E-state index < -0.39 is 0 Å². The highest BCUT2D eigenvalue weighted by Crippen LogP contribution is 2.31. The smallest absolute Gasteiger partial charge is 0.306 e. The Morgan fingerprint density at radius 1 is 1.67 bits per heavy atom. The molecule has 4 heteroatoms. The molecule has 1 unspecified atom stereocenters. The number of hydrogen-bond acceptors (Lipinski definition) is 4. The van der Waals surface area contributed by atoms with Crippen LogP contribution < -0.4 is 0 Å². The SMILES string of the molecule is CCC(C)[C@H]1CC(=O)O[C@H]1COC(C)=O. The zero-order valence-electron chi connectivity index (χ0n) is 9.49. The van der Waals surface area contributed by atoms with Gasteiger partial charge in [-0.15, -0.1) is 0 Å². The summed E-state index contributed by atoms with van der Waals surface area (Å²) in [5, 5.41) is 0. The Balaban J connectivity index is 2.52. The lowest BCUT2D eigenvalue weighted by Crippen LogP contribution is -2.27. The highest BCUT2D eigenvalue weighted by molar-refractivity contribution is 5.72. The molecule has 0 bridgehead atoms. The first-order chi connectivity index (χ1) is 7.04. The minimum atomic E-state index is -0.333. The van der Waals surface area contributed by atoms with Gasteiger partial charge in [-0.3, -0.25) is 9.59 Å². The van der Waals surface area contributed by atoms with Crippen molar-refractivity contribution >= 4 is 11.9 Å². The quantitative estimate of drug-likeness (QED) is 0.666. The van der Waals surface area contributed by atoms with E-state index in [9.17, 15) is 9.59 Å². The van der Waals surface area contributed by atoms with Crippen LogP contribution in [0.25, 0.3) is 0 Å². The van der Waals surface area contributed by atoms with Crippen molar-refractivity contribution in [1.29, 1.82) is 0 Å². The maximum atomic E-state index is 11.2. The lowest BCUT2D eigenvalue weighted by Gasteiger charge is -2.21. The highest BCUT2D eigenvalue weighted by Gasteiger charge is 2.38. The van der Waals surface area contributed by atoms with Crippen molar-refractivity contribution in [1.82, 2.24) is 0 Å². The van der Waals surface area contributed by atoms with E-state index in [1.54, 1.807) is 0 Å². The maximum absolute atomic E-state index is 11.2. The van der Waals surface area contributed by atoms with Gasteiger partial charge in [-0.1, -0.05) is 20.3 Å².